The molecule has 2 N–H and O–H groups in total. The highest BCUT2D eigenvalue weighted by Crippen LogP contribution is 2.40. The fraction of sp³-hybridized carbons (Fsp3) is 0.417. The Kier molecular flexibility index (Phi) is 3.66. The molecule has 1 unspecified atom stereocenters. The number of nitrogens with one attached hydrogen (secondary N) is 1. The monoisotopic (exact) mass is 282 g/mol. The summed E-state index contributed by atoms with van der Waals surface area (Å²) in [5.74, 6) is -1.27. The van der Waals surface area contributed by atoms with Gasteiger partial charge < -0.3 is 10.4 Å². The Morgan fingerprint density at radius 2 is 2.21 bits per heavy atom. The second kappa shape index (κ2) is 5.08. The van der Waals surface area contributed by atoms with Crippen LogP contribution in [0.25, 0.3) is 0 Å². The number of hydrogen-bond donors (Lipinski definition) is 2. The standard InChI is InChI=1S/C12H14N2O4S/c1-3-4-7-5-19-11-8(13-6(2)15)10(16)14(11)9(7)12(17)18/h3-4,8,11H,5H2,1-2H3,(H,13,15)(H,17,18)/t8?,11-/m0/s1. The first kappa shape index (κ1) is 13.7. The maximum Gasteiger partial charge on any atom is 0.352 e. The van der Waals surface area contributed by atoms with Gasteiger partial charge in [0.05, 0.1) is 0 Å². The zero-order valence-electron chi connectivity index (χ0n) is 10.5. The number of carboxylic acid groups (broad SMARTS) is 1. The number of aliphatic carboxylic acids is 1. The van der Waals surface area contributed by atoms with Gasteiger partial charge in [0.2, 0.25) is 5.91 Å². The number of nitrogens with zero attached hydrogens (tertiary/aromatic N) is 1. The van der Waals surface area contributed by atoms with Gasteiger partial charge in [-0.3, -0.25) is 14.5 Å². The first-order valence-corrected chi connectivity index (χ1v) is 6.83. The molecule has 6 nitrogen and oxygen atoms in total. The molecule has 1 saturated heterocycles. The van der Waals surface area contributed by atoms with Crippen LogP contribution in [0.2, 0.25) is 0 Å². The summed E-state index contributed by atoms with van der Waals surface area (Å²) < 4.78 is 0. The van der Waals surface area contributed by atoms with E-state index in [1.165, 1.54) is 23.6 Å². The highest BCUT2D eigenvalue weighted by atomic mass is 32.2. The molecule has 7 heteroatoms. The summed E-state index contributed by atoms with van der Waals surface area (Å²) in [4.78, 5) is 35.6. The maximum atomic E-state index is 12.0. The number of thioether (sulfide) groups is 1. The zero-order chi connectivity index (χ0) is 14.2. The van der Waals surface area contributed by atoms with Gasteiger partial charge in [0.15, 0.2) is 0 Å². The third kappa shape index (κ3) is 2.25. The first-order chi connectivity index (χ1) is 8.97. The van der Waals surface area contributed by atoms with E-state index in [-0.39, 0.29) is 22.9 Å². The summed E-state index contributed by atoms with van der Waals surface area (Å²) in [6, 6.07) is -0.621. The molecule has 0 spiro atoms. The Labute approximate surface area is 114 Å². The highest BCUT2D eigenvalue weighted by molar-refractivity contribution is 8.00. The number of β-lactam (4-membered cyclic amide) rings is 1. The molecule has 0 aromatic heterocycles. The van der Waals surface area contributed by atoms with Gasteiger partial charge in [0, 0.05) is 12.7 Å². The molecular weight excluding hydrogens is 268 g/mol. The van der Waals surface area contributed by atoms with Crippen LogP contribution >= 0.6 is 11.8 Å². The molecule has 2 aliphatic heterocycles. The van der Waals surface area contributed by atoms with E-state index in [4.69, 9.17) is 0 Å². The van der Waals surface area contributed by atoms with Crippen LogP contribution < -0.4 is 5.32 Å². The Morgan fingerprint density at radius 3 is 2.74 bits per heavy atom. The molecular formula is C12H14N2O4S. The van der Waals surface area contributed by atoms with Gasteiger partial charge in [-0.25, -0.2) is 4.79 Å². The van der Waals surface area contributed by atoms with Crippen molar-refractivity contribution in [1.82, 2.24) is 10.2 Å². The lowest BCUT2D eigenvalue weighted by molar-refractivity contribution is -0.150. The number of carboxylic acids is 1. The minimum Gasteiger partial charge on any atom is -0.477 e. The molecule has 1 fully saturated rings. The number of rotatable bonds is 3. The molecule has 2 amide bonds. The fourth-order valence-electron chi connectivity index (χ4n) is 2.19. The van der Waals surface area contributed by atoms with E-state index >= 15 is 0 Å². The number of amides is 2. The number of allylic oxidation sites excluding steroid dienone is 2. The Morgan fingerprint density at radius 1 is 1.53 bits per heavy atom. The molecule has 0 saturated carbocycles. The lowest BCUT2D eigenvalue weighted by atomic mass is 10.0. The van der Waals surface area contributed by atoms with E-state index < -0.39 is 12.0 Å². The van der Waals surface area contributed by atoms with Crippen molar-refractivity contribution in [3.63, 3.8) is 0 Å². The van der Waals surface area contributed by atoms with Crippen molar-refractivity contribution in [3.8, 4) is 0 Å². The van der Waals surface area contributed by atoms with E-state index in [1.54, 1.807) is 19.1 Å². The van der Waals surface area contributed by atoms with Crippen LogP contribution in [0.5, 0.6) is 0 Å². The number of fused-ring (bicyclic) bond motifs is 1. The van der Waals surface area contributed by atoms with E-state index in [9.17, 15) is 19.5 Å². The van der Waals surface area contributed by atoms with Gasteiger partial charge in [-0.1, -0.05) is 12.2 Å². The van der Waals surface area contributed by atoms with E-state index in [0.29, 0.717) is 11.3 Å². The van der Waals surface area contributed by atoms with Crippen LogP contribution in [0.15, 0.2) is 23.4 Å². The Hall–Kier alpha value is -1.76. The van der Waals surface area contributed by atoms with Gasteiger partial charge in [-0.2, -0.15) is 0 Å². The van der Waals surface area contributed by atoms with E-state index in [2.05, 4.69) is 5.32 Å². The second-order valence-corrected chi connectivity index (χ2v) is 5.37. The minimum atomic E-state index is -1.12. The summed E-state index contributed by atoms with van der Waals surface area (Å²) in [5, 5.41) is 11.5. The SMILES string of the molecule is CC=CC1=C(C(=O)O)N2C(=O)C(NC(C)=O)[C@@H]2SC1. The lowest BCUT2D eigenvalue weighted by Crippen LogP contribution is -2.70. The molecule has 19 heavy (non-hydrogen) atoms. The van der Waals surface area contributed by atoms with Crippen molar-refractivity contribution in [3.05, 3.63) is 23.4 Å². The van der Waals surface area contributed by atoms with Crippen LogP contribution in [-0.4, -0.2) is 45.0 Å². The van der Waals surface area contributed by atoms with E-state index in [0.717, 1.165) is 0 Å². The number of carbonyl (C=O) groups excluding carboxylic acids is 2. The molecule has 0 aliphatic carbocycles. The summed E-state index contributed by atoms with van der Waals surface area (Å²) in [6.07, 6.45) is 3.44. The van der Waals surface area contributed by atoms with Crippen molar-refractivity contribution in [1.29, 1.82) is 0 Å². The van der Waals surface area contributed by atoms with Crippen molar-refractivity contribution in [2.45, 2.75) is 25.3 Å². The van der Waals surface area contributed by atoms with E-state index in [1.807, 2.05) is 0 Å². The zero-order valence-corrected chi connectivity index (χ0v) is 11.4. The van der Waals surface area contributed by atoms with Crippen LogP contribution in [0.3, 0.4) is 0 Å². The summed E-state index contributed by atoms with van der Waals surface area (Å²) >= 11 is 1.45. The average molecular weight is 282 g/mol. The predicted molar refractivity (Wildman–Crippen MR) is 70.2 cm³/mol. The van der Waals surface area contributed by atoms with Gasteiger partial charge in [0.1, 0.15) is 17.1 Å². The first-order valence-electron chi connectivity index (χ1n) is 5.78. The average Bonchev–Trinajstić information content (AvgIpc) is 2.35. The molecule has 0 radical (unpaired) electrons. The quantitative estimate of drug-likeness (QED) is 0.728. The molecule has 102 valence electrons. The van der Waals surface area contributed by atoms with Gasteiger partial charge in [-0.15, -0.1) is 11.8 Å². The second-order valence-electron chi connectivity index (χ2n) is 4.27. The lowest BCUT2D eigenvalue weighted by Gasteiger charge is -2.49. The predicted octanol–water partition coefficient (Wildman–Crippen LogP) is 0.321. The van der Waals surface area contributed by atoms with Crippen molar-refractivity contribution in [2.75, 3.05) is 5.75 Å². The third-order valence-corrected chi connectivity index (χ3v) is 4.23. The third-order valence-electron chi connectivity index (χ3n) is 2.93. The molecule has 0 aromatic carbocycles. The molecule has 2 aliphatic rings. The summed E-state index contributed by atoms with van der Waals surface area (Å²) in [7, 11) is 0. The fourth-order valence-corrected chi connectivity index (χ4v) is 3.51. The smallest absolute Gasteiger partial charge is 0.352 e. The van der Waals surface area contributed by atoms with Crippen LogP contribution in [0.1, 0.15) is 13.8 Å². The van der Waals surface area contributed by atoms with Crippen LogP contribution in [-0.2, 0) is 14.4 Å². The maximum absolute atomic E-state index is 12.0. The molecule has 0 bridgehead atoms. The summed E-state index contributed by atoms with van der Waals surface area (Å²) in [5.41, 5.74) is 0.638. The molecule has 2 rings (SSSR count). The minimum absolute atomic E-state index is 0.0217. The van der Waals surface area contributed by atoms with Crippen LogP contribution in [0, 0.1) is 0 Å². The van der Waals surface area contributed by atoms with Gasteiger partial charge in [0.25, 0.3) is 5.91 Å². The number of hydrogen-bond acceptors (Lipinski definition) is 4. The van der Waals surface area contributed by atoms with Gasteiger partial charge >= 0.3 is 5.97 Å². The van der Waals surface area contributed by atoms with Gasteiger partial charge in [-0.05, 0) is 12.5 Å². The molecule has 0 aromatic rings. The topological polar surface area (TPSA) is 86.7 Å². The molecule has 2 heterocycles. The van der Waals surface area contributed by atoms with Crippen molar-refractivity contribution < 1.29 is 19.5 Å². The highest BCUT2D eigenvalue weighted by Gasteiger charge is 2.53. The molecule has 2 atom stereocenters. The van der Waals surface area contributed by atoms with Crippen LogP contribution in [0.4, 0.5) is 0 Å². The Bertz CT molecular complexity index is 512. The summed E-state index contributed by atoms with van der Waals surface area (Å²) in [6.45, 7) is 3.13. The normalized spacial score (nSPS) is 26.2. The largest absolute Gasteiger partial charge is 0.477 e. The Balaban J connectivity index is 2.30. The number of carbonyl (C=O) groups is 3. The van der Waals surface area contributed by atoms with Crippen molar-refractivity contribution >= 4 is 29.5 Å². The van der Waals surface area contributed by atoms with Crippen molar-refractivity contribution in [2.24, 2.45) is 0 Å².